The average Bonchev–Trinajstić information content (AvgIpc) is 2.38. The fourth-order valence-electron chi connectivity index (χ4n) is 2.75. The van der Waals surface area contributed by atoms with Gasteiger partial charge in [-0.15, -0.1) is 0 Å². The van der Waals surface area contributed by atoms with Crippen molar-refractivity contribution in [3.05, 3.63) is 29.6 Å². The molecule has 0 bridgehead atoms. The van der Waals surface area contributed by atoms with Crippen molar-refractivity contribution in [2.75, 3.05) is 31.7 Å². The molecule has 1 saturated heterocycles. The summed E-state index contributed by atoms with van der Waals surface area (Å²) in [5, 5.41) is 10.6. The Morgan fingerprint density at radius 1 is 1.45 bits per heavy atom. The van der Waals surface area contributed by atoms with Gasteiger partial charge in [0.2, 0.25) is 0 Å². The van der Waals surface area contributed by atoms with Gasteiger partial charge < -0.3 is 20.5 Å². The zero-order chi connectivity index (χ0) is 14.8. The Bertz CT molecular complexity index is 459. The lowest BCUT2D eigenvalue weighted by Crippen LogP contribution is -2.46. The van der Waals surface area contributed by atoms with Gasteiger partial charge in [-0.1, -0.05) is 6.07 Å². The first-order valence-electron chi connectivity index (χ1n) is 6.98. The van der Waals surface area contributed by atoms with Gasteiger partial charge in [0.05, 0.1) is 5.60 Å². The summed E-state index contributed by atoms with van der Waals surface area (Å²) in [5.41, 5.74) is 6.31. The van der Waals surface area contributed by atoms with Crippen LogP contribution < -0.4 is 10.6 Å². The topological polar surface area (TPSA) is 58.7 Å². The first-order chi connectivity index (χ1) is 9.43. The van der Waals surface area contributed by atoms with Crippen LogP contribution in [0.2, 0.25) is 0 Å². The van der Waals surface area contributed by atoms with Gasteiger partial charge in [0, 0.05) is 56.9 Å². The summed E-state index contributed by atoms with van der Waals surface area (Å²) in [7, 11) is 1.86. The predicted octanol–water partition coefficient (Wildman–Crippen LogP) is 1.82. The van der Waals surface area contributed by atoms with Gasteiger partial charge in [-0.2, -0.15) is 0 Å². The molecule has 4 nitrogen and oxygen atoms in total. The van der Waals surface area contributed by atoms with Crippen molar-refractivity contribution in [3.63, 3.8) is 0 Å². The van der Waals surface area contributed by atoms with E-state index in [1.54, 1.807) is 13.0 Å². The Morgan fingerprint density at radius 3 is 2.70 bits per heavy atom. The Hall–Kier alpha value is -1.17. The van der Waals surface area contributed by atoms with Crippen LogP contribution in [0.4, 0.5) is 10.1 Å². The van der Waals surface area contributed by atoms with Crippen molar-refractivity contribution in [2.45, 2.75) is 31.4 Å². The van der Waals surface area contributed by atoms with E-state index >= 15 is 0 Å². The average molecular weight is 282 g/mol. The smallest absolute Gasteiger partial charge is 0.130 e. The highest BCUT2D eigenvalue weighted by Gasteiger charge is 2.32. The Balaban J connectivity index is 2.20. The maximum absolute atomic E-state index is 13.9. The van der Waals surface area contributed by atoms with E-state index in [0.29, 0.717) is 38.2 Å². The van der Waals surface area contributed by atoms with E-state index in [2.05, 4.69) is 0 Å². The maximum Gasteiger partial charge on any atom is 0.130 e. The van der Waals surface area contributed by atoms with Crippen LogP contribution in [0.15, 0.2) is 18.2 Å². The minimum Gasteiger partial charge on any atom is -0.388 e. The molecule has 112 valence electrons. The molecule has 0 saturated carbocycles. The molecule has 1 atom stereocenters. The van der Waals surface area contributed by atoms with Gasteiger partial charge in [0.15, 0.2) is 0 Å². The van der Waals surface area contributed by atoms with Crippen LogP contribution in [0.3, 0.4) is 0 Å². The van der Waals surface area contributed by atoms with E-state index < -0.39 is 11.6 Å². The standard InChI is InChI=1S/C15H23FN2O2/c1-11(17)14-12(16)4-3-5-13(14)18(2)10-15(19)6-8-20-9-7-15/h3-5,11,19H,6-10,17H2,1-2H3. The third kappa shape index (κ3) is 3.29. The molecule has 5 heteroatoms. The molecule has 1 fully saturated rings. The van der Waals surface area contributed by atoms with Gasteiger partial charge in [0.1, 0.15) is 5.82 Å². The molecule has 1 aromatic rings. The zero-order valence-corrected chi connectivity index (χ0v) is 12.1. The third-order valence-electron chi connectivity index (χ3n) is 3.85. The van der Waals surface area contributed by atoms with Crippen LogP contribution in [0.5, 0.6) is 0 Å². The number of nitrogens with two attached hydrogens (primary N) is 1. The largest absolute Gasteiger partial charge is 0.388 e. The number of benzene rings is 1. The van der Waals surface area contributed by atoms with Gasteiger partial charge in [-0.3, -0.25) is 0 Å². The molecular weight excluding hydrogens is 259 g/mol. The van der Waals surface area contributed by atoms with Crippen molar-refractivity contribution in [3.8, 4) is 0 Å². The second kappa shape index (κ2) is 6.08. The molecular formula is C15H23FN2O2. The number of anilines is 1. The molecule has 1 unspecified atom stereocenters. The molecule has 0 spiro atoms. The van der Waals surface area contributed by atoms with Crippen molar-refractivity contribution in [2.24, 2.45) is 5.73 Å². The molecule has 1 aromatic carbocycles. The number of ether oxygens (including phenoxy) is 1. The monoisotopic (exact) mass is 282 g/mol. The Kier molecular flexibility index (Phi) is 4.62. The minimum atomic E-state index is -0.783. The summed E-state index contributed by atoms with van der Waals surface area (Å²) >= 11 is 0. The molecule has 20 heavy (non-hydrogen) atoms. The number of hydrogen-bond acceptors (Lipinski definition) is 4. The van der Waals surface area contributed by atoms with E-state index in [-0.39, 0.29) is 5.82 Å². The molecule has 2 rings (SSSR count). The van der Waals surface area contributed by atoms with Gasteiger partial charge in [-0.05, 0) is 19.1 Å². The summed E-state index contributed by atoms with van der Waals surface area (Å²) in [6, 6.07) is 4.53. The van der Waals surface area contributed by atoms with Crippen molar-refractivity contribution in [1.82, 2.24) is 0 Å². The predicted molar refractivity (Wildman–Crippen MR) is 77.3 cm³/mol. The van der Waals surface area contributed by atoms with Crippen LogP contribution in [0.1, 0.15) is 31.4 Å². The first kappa shape index (κ1) is 15.2. The maximum atomic E-state index is 13.9. The minimum absolute atomic E-state index is 0.302. The van der Waals surface area contributed by atoms with Gasteiger partial charge in [-0.25, -0.2) is 4.39 Å². The highest BCUT2D eigenvalue weighted by atomic mass is 19.1. The Labute approximate surface area is 119 Å². The second-order valence-corrected chi connectivity index (χ2v) is 5.65. The van der Waals surface area contributed by atoms with Crippen LogP contribution in [0, 0.1) is 5.82 Å². The summed E-state index contributed by atoms with van der Waals surface area (Å²) in [4.78, 5) is 1.88. The lowest BCUT2D eigenvalue weighted by Gasteiger charge is -2.37. The number of nitrogens with zero attached hydrogens (tertiary/aromatic N) is 1. The van der Waals surface area contributed by atoms with Crippen molar-refractivity contribution >= 4 is 5.69 Å². The lowest BCUT2D eigenvalue weighted by atomic mass is 9.93. The zero-order valence-electron chi connectivity index (χ0n) is 12.1. The fourth-order valence-corrected chi connectivity index (χ4v) is 2.75. The van der Waals surface area contributed by atoms with Crippen LogP contribution in [0.25, 0.3) is 0 Å². The molecule has 3 N–H and O–H groups in total. The number of aliphatic hydroxyl groups is 1. The van der Waals surface area contributed by atoms with E-state index in [0.717, 1.165) is 5.69 Å². The van der Waals surface area contributed by atoms with Gasteiger partial charge in [0.25, 0.3) is 0 Å². The van der Waals surface area contributed by atoms with E-state index in [1.165, 1.54) is 6.07 Å². The Morgan fingerprint density at radius 2 is 2.10 bits per heavy atom. The number of halogens is 1. The lowest BCUT2D eigenvalue weighted by molar-refractivity contribution is -0.0572. The summed E-state index contributed by atoms with van der Waals surface area (Å²) in [6.07, 6.45) is 1.19. The summed E-state index contributed by atoms with van der Waals surface area (Å²) in [5.74, 6) is -0.302. The molecule has 0 radical (unpaired) electrons. The van der Waals surface area contributed by atoms with E-state index in [9.17, 15) is 9.50 Å². The summed E-state index contributed by atoms with van der Waals surface area (Å²) in [6.45, 7) is 3.33. The van der Waals surface area contributed by atoms with E-state index in [4.69, 9.17) is 10.5 Å². The quantitative estimate of drug-likeness (QED) is 0.884. The molecule has 0 aliphatic carbocycles. The highest BCUT2D eigenvalue weighted by molar-refractivity contribution is 5.55. The highest BCUT2D eigenvalue weighted by Crippen LogP contribution is 2.30. The van der Waals surface area contributed by atoms with Crippen molar-refractivity contribution < 1.29 is 14.2 Å². The molecule has 1 heterocycles. The second-order valence-electron chi connectivity index (χ2n) is 5.65. The summed E-state index contributed by atoms with van der Waals surface area (Å²) < 4.78 is 19.2. The molecule has 1 aliphatic heterocycles. The van der Waals surface area contributed by atoms with Crippen LogP contribution in [-0.4, -0.2) is 37.5 Å². The molecule has 0 amide bonds. The SMILES string of the molecule is CC(N)c1c(F)cccc1N(C)CC1(O)CCOCC1. The third-order valence-corrected chi connectivity index (χ3v) is 3.85. The number of hydrogen-bond donors (Lipinski definition) is 2. The molecule has 1 aliphatic rings. The first-order valence-corrected chi connectivity index (χ1v) is 6.98. The fraction of sp³-hybridized carbons (Fsp3) is 0.600. The van der Waals surface area contributed by atoms with Crippen molar-refractivity contribution in [1.29, 1.82) is 0 Å². The number of likely N-dealkylation sites (N-methyl/N-ethyl adjacent to an activating group) is 1. The normalized spacial score (nSPS) is 19.6. The van der Waals surface area contributed by atoms with Crippen LogP contribution in [-0.2, 0) is 4.74 Å². The van der Waals surface area contributed by atoms with Crippen LogP contribution >= 0.6 is 0 Å². The molecule has 0 aromatic heterocycles. The van der Waals surface area contributed by atoms with E-state index in [1.807, 2.05) is 18.0 Å². The number of rotatable bonds is 4. The van der Waals surface area contributed by atoms with Gasteiger partial charge >= 0.3 is 0 Å².